The van der Waals surface area contributed by atoms with Crippen LogP contribution in [0.25, 0.3) is 58.4 Å². The third-order valence-electron chi connectivity index (χ3n) is 8.54. The molecule has 0 aliphatic carbocycles. The maximum atomic E-state index is 2.40. The molecule has 0 unspecified atom stereocenters. The number of para-hydroxylation sites is 2. The number of rotatable bonds is 4. The number of hydrogen-bond donors (Lipinski definition) is 0. The zero-order valence-electron chi connectivity index (χ0n) is 23.3. The highest BCUT2D eigenvalue weighted by molar-refractivity contribution is 7.26. The van der Waals surface area contributed by atoms with Crippen LogP contribution in [-0.2, 0) is 0 Å². The molecule has 9 rings (SSSR count). The molecule has 43 heavy (non-hydrogen) atoms. The fraction of sp³-hybridized carbons (Fsp3) is 0. The first-order chi connectivity index (χ1) is 21.3. The SMILES string of the molecule is c1ccc(N(c2ccc(-n3c4ccccc4c4cc5ccccc5cc43)cc2)c2cccc3c2sc2ccccc23)cc1. The van der Waals surface area contributed by atoms with Crippen molar-refractivity contribution in [2.75, 3.05) is 4.90 Å². The number of nitrogens with zero attached hydrogens (tertiary/aromatic N) is 2. The standard InChI is InChI=1S/C40H26N2S/c1-2-13-29(14-3-1)41(37-19-10-17-34-33-16-7-9-20-39(33)43-40(34)37)30-21-23-31(24-22-30)42-36-18-8-6-15-32(36)35-25-27-11-4-5-12-28(27)26-38(35)42/h1-26H. The number of benzene rings is 7. The monoisotopic (exact) mass is 566 g/mol. The van der Waals surface area contributed by atoms with Gasteiger partial charge in [-0.25, -0.2) is 0 Å². The van der Waals surface area contributed by atoms with E-state index in [9.17, 15) is 0 Å². The number of hydrogen-bond acceptors (Lipinski definition) is 2. The topological polar surface area (TPSA) is 8.17 Å². The van der Waals surface area contributed by atoms with E-state index in [1.807, 2.05) is 11.3 Å². The van der Waals surface area contributed by atoms with E-state index >= 15 is 0 Å². The summed E-state index contributed by atoms with van der Waals surface area (Å²) in [5.41, 5.74) is 7.06. The van der Waals surface area contributed by atoms with E-state index in [1.165, 1.54) is 58.4 Å². The largest absolute Gasteiger partial charge is 0.309 e. The maximum Gasteiger partial charge on any atom is 0.0640 e. The van der Waals surface area contributed by atoms with Crippen LogP contribution in [0.3, 0.4) is 0 Å². The summed E-state index contributed by atoms with van der Waals surface area (Å²) in [6, 6.07) is 57.2. The average molecular weight is 567 g/mol. The van der Waals surface area contributed by atoms with E-state index in [0.29, 0.717) is 0 Å². The zero-order chi connectivity index (χ0) is 28.3. The molecule has 202 valence electrons. The predicted molar refractivity (Wildman–Crippen MR) is 186 cm³/mol. The Morgan fingerprint density at radius 1 is 0.442 bits per heavy atom. The van der Waals surface area contributed by atoms with Gasteiger partial charge in [0.2, 0.25) is 0 Å². The third-order valence-corrected chi connectivity index (χ3v) is 9.75. The van der Waals surface area contributed by atoms with Gasteiger partial charge in [-0.1, -0.05) is 91.0 Å². The zero-order valence-corrected chi connectivity index (χ0v) is 24.1. The summed E-state index contributed by atoms with van der Waals surface area (Å²) in [5.74, 6) is 0. The lowest BCUT2D eigenvalue weighted by atomic mass is 10.1. The minimum absolute atomic E-state index is 1.13. The van der Waals surface area contributed by atoms with Crippen molar-refractivity contribution in [2.24, 2.45) is 0 Å². The highest BCUT2D eigenvalue weighted by Gasteiger charge is 2.19. The first kappa shape index (κ1) is 24.2. The predicted octanol–water partition coefficient (Wildman–Crippen LogP) is 11.8. The van der Waals surface area contributed by atoms with Crippen LogP contribution in [0.4, 0.5) is 17.1 Å². The molecule has 2 aromatic heterocycles. The van der Waals surface area contributed by atoms with Gasteiger partial charge in [0.05, 0.1) is 21.4 Å². The molecular formula is C40H26N2S. The summed E-state index contributed by atoms with van der Waals surface area (Å²) in [6.07, 6.45) is 0. The van der Waals surface area contributed by atoms with E-state index in [1.54, 1.807) is 0 Å². The smallest absolute Gasteiger partial charge is 0.0640 e. The molecule has 0 bridgehead atoms. The molecule has 3 heteroatoms. The normalized spacial score (nSPS) is 11.7. The Kier molecular flexibility index (Phi) is 5.40. The Morgan fingerprint density at radius 2 is 1.09 bits per heavy atom. The van der Waals surface area contributed by atoms with Crippen LogP contribution in [0.15, 0.2) is 158 Å². The Labute approximate surface area is 253 Å². The van der Waals surface area contributed by atoms with Crippen molar-refractivity contribution in [1.82, 2.24) is 4.57 Å². The Bertz CT molecular complexity index is 2450. The van der Waals surface area contributed by atoms with E-state index in [0.717, 1.165) is 17.1 Å². The molecule has 9 aromatic rings. The summed E-state index contributed by atoms with van der Waals surface area (Å²) in [6.45, 7) is 0. The first-order valence-electron chi connectivity index (χ1n) is 14.6. The van der Waals surface area contributed by atoms with Crippen LogP contribution < -0.4 is 4.90 Å². The van der Waals surface area contributed by atoms with Gasteiger partial charge < -0.3 is 9.47 Å². The average Bonchev–Trinajstić information content (AvgIpc) is 3.61. The van der Waals surface area contributed by atoms with Crippen molar-refractivity contribution < 1.29 is 0 Å². The van der Waals surface area contributed by atoms with Gasteiger partial charge in [-0.3, -0.25) is 0 Å². The summed E-state index contributed by atoms with van der Waals surface area (Å²) in [5, 5.41) is 7.68. The van der Waals surface area contributed by atoms with Gasteiger partial charge in [0.1, 0.15) is 0 Å². The van der Waals surface area contributed by atoms with Crippen molar-refractivity contribution in [3.63, 3.8) is 0 Å². The van der Waals surface area contributed by atoms with Gasteiger partial charge in [-0.05, 0) is 77.5 Å². The number of thiophene rings is 1. The second kappa shape index (κ2) is 9.59. The number of aromatic nitrogens is 1. The minimum Gasteiger partial charge on any atom is -0.309 e. The van der Waals surface area contributed by atoms with Crippen LogP contribution in [0.5, 0.6) is 0 Å². The minimum atomic E-state index is 1.13. The van der Waals surface area contributed by atoms with E-state index < -0.39 is 0 Å². The summed E-state index contributed by atoms with van der Waals surface area (Å²) >= 11 is 1.87. The summed E-state index contributed by atoms with van der Waals surface area (Å²) < 4.78 is 5.01. The maximum absolute atomic E-state index is 2.40. The van der Waals surface area contributed by atoms with E-state index in [4.69, 9.17) is 0 Å². The van der Waals surface area contributed by atoms with Crippen LogP contribution in [0, 0.1) is 0 Å². The molecule has 0 aliphatic rings. The van der Waals surface area contributed by atoms with Crippen LogP contribution >= 0.6 is 11.3 Å². The Balaban J connectivity index is 1.24. The molecule has 2 nitrogen and oxygen atoms in total. The summed E-state index contributed by atoms with van der Waals surface area (Å²) in [4.78, 5) is 2.39. The molecule has 0 saturated carbocycles. The van der Waals surface area contributed by atoms with Crippen molar-refractivity contribution in [2.45, 2.75) is 0 Å². The highest BCUT2D eigenvalue weighted by Crippen LogP contribution is 2.45. The number of fused-ring (bicyclic) bond motifs is 7. The van der Waals surface area contributed by atoms with Crippen molar-refractivity contribution >= 4 is 81.1 Å². The third kappa shape index (κ3) is 3.79. The molecule has 0 atom stereocenters. The molecule has 0 aliphatic heterocycles. The fourth-order valence-electron chi connectivity index (χ4n) is 6.60. The fourth-order valence-corrected chi connectivity index (χ4v) is 7.80. The highest BCUT2D eigenvalue weighted by atomic mass is 32.1. The van der Waals surface area contributed by atoms with Gasteiger partial charge >= 0.3 is 0 Å². The van der Waals surface area contributed by atoms with Gasteiger partial charge in [0.15, 0.2) is 0 Å². The van der Waals surface area contributed by atoms with E-state index in [-0.39, 0.29) is 0 Å². The van der Waals surface area contributed by atoms with Gasteiger partial charge in [-0.2, -0.15) is 0 Å². The lowest BCUT2D eigenvalue weighted by Crippen LogP contribution is -2.10. The molecule has 0 spiro atoms. The first-order valence-corrected chi connectivity index (χ1v) is 15.4. The molecule has 0 fully saturated rings. The molecule has 0 N–H and O–H groups in total. The molecule has 2 heterocycles. The van der Waals surface area contributed by atoms with Crippen molar-refractivity contribution in [3.05, 3.63) is 158 Å². The van der Waals surface area contributed by atoms with E-state index in [2.05, 4.69) is 167 Å². The quantitative estimate of drug-likeness (QED) is 0.206. The van der Waals surface area contributed by atoms with Gasteiger partial charge in [0, 0.05) is 43.3 Å². The molecule has 0 saturated heterocycles. The lowest BCUT2D eigenvalue weighted by Gasteiger charge is -2.26. The van der Waals surface area contributed by atoms with Crippen LogP contribution in [0.1, 0.15) is 0 Å². The second-order valence-electron chi connectivity index (χ2n) is 11.0. The van der Waals surface area contributed by atoms with Gasteiger partial charge in [-0.15, -0.1) is 11.3 Å². The lowest BCUT2D eigenvalue weighted by molar-refractivity contribution is 1.18. The summed E-state index contributed by atoms with van der Waals surface area (Å²) in [7, 11) is 0. The van der Waals surface area contributed by atoms with Crippen LogP contribution in [0.2, 0.25) is 0 Å². The molecule has 0 radical (unpaired) electrons. The molecular weight excluding hydrogens is 541 g/mol. The van der Waals surface area contributed by atoms with Crippen molar-refractivity contribution in [3.8, 4) is 5.69 Å². The second-order valence-corrected chi connectivity index (χ2v) is 12.1. The molecule has 7 aromatic carbocycles. The van der Waals surface area contributed by atoms with Crippen molar-refractivity contribution in [1.29, 1.82) is 0 Å². The molecule has 0 amide bonds. The van der Waals surface area contributed by atoms with Gasteiger partial charge in [0.25, 0.3) is 0 Å². The van der Waals surface area contributed by atoms with Crippen LogP contribution in [-0.4, -0.2) is 4.57 Å². The Hall–Kier alpha value is -5.38. The Morgan fingerprint density at radius 3 is 1.93 bits per heavy atom. The number of anilines is 3.